The van der Waals surface area contributed by atoms with Crippen LogP contribution in [0.2, 0.25) is 0 Å². The summed E-state index contributed by atoms with van der Waals surface area (Å²) >= 11 is 0. The highest BCUT2D eigenvalue weighted by atomic mass is 19.3. The van der Waals surface area contributed by atoms with Gasteiger partial charge in [0.05, 0.1) is 13.5 Å². The molecular weight excluding hydrogens is 273 g/mol. The van der Waals surface area contributed by atoms with Crippen LogP contribution in [0, 0.1) is 11.2 Å². The van der Waals surface area contributed by atoms with E-state index in [1.54, 1.807) is 0 Å². The van der Waals surface area contributed by atoms with E-state index < -0.39 is 35.1 Å². The second-order valence-electron chi connectivity index (χ2n) is 5.47. The number of halogens is 3. The van der Waals surface area contributed by atoms with E-state index >= 15 is 0 Å². The predicted octanol–water partition coefficient (Wildman–Crippen LogP) is 3.82. The molecule has 0 aromatic heterocycles. The van der Waals surface area contributed by atoms with Crippen molar-refractivity contribution in [1.82, 2.24) is 0 Å². The summed E-state index contributed by atoms with van der Waals surface area (Å²) in [6.07, 6.45) is -1.07. The first-order chi connectivity index (χ1) is 9.07. The number of carboxylic acids is 1. The Balaban J connectivity index is 2.98. The van der Waals surface area contributed by atoms with Crippen molar-refractivity contribution < 1.29 is 27.8 Å². The molecule has 1 aromatic carbocycles. The Hall–Kier alpha value is -1.72. The van der Waals surface area contributed by atoms with E-state index in [9.17, 15) is 18.0 Å². The third kappa shape index (κ3) is 4.15. The van der Waals surface area contributed by atoms with E-state index in [2.05, 4.69) is 4.74 Å². The zero-order valence-electron chi connectivity index (χ0n) is 11.5. The lowest BCUT2D eigenvalue weighted by molar-refractivity contribution is -0.140. The largest absolute Gasteiger partial charge is 0.494 e. The van der Waals surface area contributed by atoms with E-state index in [4.69, 9.17) is 5.11 Å². The molecule has 0 heterocycles. The van der Waals surface area contributed by atoms with Gasteiger partial charge >= 0.3 is 5.97 Å². The fraction of sp³-hybridized carbons (Fsp3) is 0.500. The first-order valence-corrected chi connectivity index (χ1v) is 6.01. The van der Waals surface area contributed by atoms with Crippen molar-refractivity contribution in [3.8, 4) is 5.75 Å². The third-order valence-electron chi connectivity index (χ3n) is 2.90. The Bertz CT molecular complexity index is 498. The summed E-state index contributed by atoms with van der Waals surface area (Å²) in [6.45, 7) is 2.88. The van der Waals surface area contributed by atoms with Gasteiger partial charge in [0.2, 0.25) is 0 Å². The molecule has 0 aliphatic heterocycles. The second kappa shape index (κ2) is 5.73. The van der Waals surface area contributed by atoms with Crippen LogP contribution in [0.1, 0.15) is 32.3 Å². The highest BCUT2D eigenvalue weighted by Crippen LogP contribution is 2.42. The van der Waals surface area contributed by atoms with Crippen LogP contribution in [0.4, 0.5) is 13.2 Å². The van der Waals surface area contributed by atoms with Gasteiger partial charge in [-0.15, -0.1) is 0 Å². The molecule has 0 saturated heterocycles. The van der Waals surface area contributed by atoms with Crippen molar-refractivity contribution in [2.75, 3.05) is 7.11 Å². The number of ether oxygens (including phenoxy) is 1. The molecule has 0 saturated carbocycles. The first kappa shape index (κ1) is 16.3. The Morgan fingerprint density at radius 1 is 1.35 bits per heavy atom. The van der Waals surface area contributed by atoms with Gasteiger partial charge in [0.1, 0.15) is 0 Å². The van der Waals surface area contributed by atoms with Crippen molar-refractivity contribution in [2.45, 2.75) is 32.6 Å². The number of carbonyl (C=O) groups is 1. The van der Waals surface area contributed by atoms with Gasteiger partial charge in [-0.25, -0.2) is 13.2 Å². The van der Waals surface area contributed by atoms with Crippen LogP contribution in [-0.4, -0.2) is 18.2 Å². The van der Waals surface area contributed by atoms with E-state index in [1.807, 2.05) is 0 Å². The van der Waals surface area contributed by atoms with Crippen molar-refractivity contribution in [3.63, 3.8) is 0 Å². The Morgan fingerprint density at radius 3 is 2.40 bits per heavy atom. The zero-order chi connectivity index (χ0) is 15.6. The lowest BCUT2D eigenvalue weighted by atomic mass is 9.81. The van der Waals surface area contributed by atoms with Crippen molar-refractivity contribution >= 4 is 5.97 Å². The van der Waals surface area contributed by atoms with Crippen LogP contribution in [0.15, 0.2) is 18.2 Å². The average Bonchev–Trinajstić information content (AvgIpc) is 2.25. The lowest BCUT2D eigenvalue weighted by Crippen LogP contribution is -2.26. The predicted molar refractivity (Wildman–Crippen MR) is 67.5 cm³/mol. The maximum Gasteiger partial charge on any atom is 0.303 e. The topological polar surface area (TPSA) is 46.5 Å². The summed E-state index contributed by atoms with van der Waals surface area (Å²) < 4.78 is 46.4. The number of hydrogen-bond acceptors (Lipinski definition) is 2. The highest BCUT2D eigenvalue weighted by Gasteiger charge is 2.39. The second-order valence-corrected chi connectivity index (χ2v) is 5.47. The van der Waals surface area contributed by atoms with Crippen molar-refractivity contribution in [1.29, 1.82) is 0 Å². The minimum Gasteiger partial charge on any atom is -0.494 e. The zero-order valence-corrected chi connectivity index (χ0v) is 11.5. The van der Waals surface area contributed by atoms with Gasteiger partial charge in [-0.2, -0.15) is 0 Å². The number of hydrogen-bond donors (Lipinski definition) is 1. The number of methoxy groups -OCH3 is 1. The lowest BCUT2D eigenvalue weighted by Gasteiger charge is -2.28. The molecule has 0 aliphatic rings. The van der Waals surface area contributed by atoms with Gasteiger partial charge in [-0.3, -0.25) is 4.79 Å². The monoisotopic (exact) mass is 290 g/mol. The maximum absolute atomic E-state index is 14.1. The quantitative estimate of drug-likeness (QED) is 0.866. The van der Waals surface area contributed by atoms with Crippen LogP contribution < -0.4 is 4.74 Å². The number of rotatable bonds is 6. The molecule has 1 aromatic rings. The SMILES string of the molecule is COc1ccc(C(F)(F)CC(C)(C)CC(=O)O)cc1F. The smallest absolute Gasteiger partial charge is 0.303 e. The Morgan fingerprint density at radius 2 is 1.95 bits per heavy atom. The minimum absolute atomic E-state index is 0.116. The van der Waals surface area contributed by atoms with E-state index in [0.717, 1.165) is 18.2 Å². The normalized spacial score (nSPS) is 12.3. The Labute approximate surface area is 115 Å². The standard InChI is InChI=1S/C14H17F3O3/c1-13(2,7-12(18)19)8-14(16,17)9-4-5-11(20-3)10(15)6-9/h4-6H,7-8H2,1-3H3,(H,18,19). The summed E-state index contributed by atoms with van der Waals surface area (Å²) in [6, 6.07) is 2.93. The molecule has 0 radical (unpaired) electrons. The summed E-state index contributed by atoms with van der Waals surface area (Å²) in [7, 11) is 1.24. The summed E-state index contributed by atoms with van der Waals surface area (Å²) in [5, 5.41) is 8.71. The molecule has 0 bridgehead atoms. The van der Waals surface area contributed by atoms with Crippen LogP contribution in [0.25, 0.3) is 0 Å². The molecular formula is C14H17F3O3. The molecule has 112 valence electrons. The number of benzene rings is 1. The summed E-state index contributed by atoms with van der Waals surface area (Å²) in [5.74, 6) is -5.45. The molecule has 0 amide bonds. The molecule has 20 heavy (non-hydrogen) atoms. The maximum atomic E-state index is 14.1. The van der Waals surface area contributed by atoms with Crippen LogP contribution in [0.5, 0.6) is 5.75 Å². The van der Waals surface area contributed by atoms with E-state index in [0.29, 0.717) is 0 Å². The number of alkyl halides is 2. The number of aliphatic carboxylic acids is 1. The van der Waals surface area contributed by atoms with Gasteiger partial charge < -0.3 is 9.84 Å². The highest BCUT2D eigenvalue weighted by molar-refractivity contribution is 5.67. The van der Waals surface area contributed by atoms with Crippen LogP contribution in [-0.2, 0) is 10.7 Å². The molecule has 0 fully saturated rings. The molecule has 0 unspecified atom stereocenters. The molecule has 3 nitrogen and oxygen atoms in total. The summed E-state index contributed by atoms with van der Waals surface area (Å²) in [5.41, 5.74) is -1.60. The molecule has 0 aliphatic carbocycles. The van der Waals surface area contributed by atoms with Gasteiger partial charge in [0.25, 0.3) is 5.92 Å². The van der Waals surface area contributed by atoms with Crippen LogP contribution in [0.3, 0.4) is 0 Å². The van der Waals surface area contributed by atoms with Crippen LogP contribution >= 0.6 is 0 Å². The van der Waals surface area contributed by atoms with Gasteiger partial charge in [0.15, 0.2) is 11.6 Å². The van der Waals surface area contributed by atoms with Gasteiger partial charge in [0, 0.05) is 12.0 Å². The molecule has 1 N–H and O–H groups in total. The van der Waals surface area contributed by atoms with E-state index in [1.165, 1.54) is 21.0 Å². The van der Waals surface area contributed by atoms with Gasteiger partial charge in [-0.1, -0.05) is 13.8 Å². The Kier molecular flexibility index (Phi) is 4.68. The van der Waals surface area contributed by atoms with Gasteiger partial charge in [-0.05, 0) is 23.6 Å². The van der Waals surface area contributed by atoms with Crippen molar-refractivity contribution in [2.24, 2.45) is 5.41 Å². The summed E-state index contributed by atoms with van der Waals surface area (Å²) in [4.78, 5) is 10.7. The molecule has 0 atom stereocenters. The first-order valence-electron chi connectivity index (χ1n) is 6.01. The molecule has 6 heteroatoms. The van der Waals surface area contributed by atoms with Crippen molar-refractivity contribution in [3.05, 3.63) is 29.6 Å². The van der Waals surface area contributed by atoms with E-state index in [-0.39, 0.29) is 12.2 Å². The third-order valence-corrected chi connectivity index (χ3v) is 2.90. The number of carboxylic acid groups (broad SMARTS) is 1. The fourth-order valence-corrected chi connectivity index (χ4v) is 2.07. The molecule has 0 spiro atoms. The minimum atomic E-state index is -3.31. The fourth-order valence-electron chi connectivity index (χ4n) is 2.07. The molecule has 1 rings (SSSR count). The average molecular weight is 290 g/mol.